The molecule has 0 aromatic carbocycles. The molecule has 1 aromatic heterocycles. The Morgan fingerprint density at radius 3 is 3.00 bits per heavy atom. The summed E-state index contributed by atoms with van der Waals surface area (Å²) in [4.78, 5) is 20.6. The first kappa shape index (κ1) is 13.5. The van der Waals surface area contributed by atoms with Gasteiger partial charge >= 0.3 is 0 Å². The van der Waals surface area contributed by atoms with E-state index < -0.39 is 0 Å². The lowest BCUT2D eigenvalue weighted by Crippen LogP contribution is -2.53. The fraction of sp³-hybridized carbons (Fsp3) is 0.538. The number of carbonyl (C=O) groups is 1. The largest absolute Gasteiger partial charge is 0.303 e. The minimum Gasteiger partial charge on any atom is -0.303 e. The monoisotopic (exact) mass is 267 g/mol. The average Bonchev–Trinajstić information content (AvgIpc) is 2.35. The molecule has 1 unspecified atom stereocenters. The van der Waals surface area contributed by atoms with Gasteiger partial charge in [0, 0.05) is 38.4 Å². The number of nitrogens with zero attached hydrogens (tertiary/aromatic N) is 3. The fourth-order valence-electron chi connectivity index (χ4n) is 2.21. The first-order valence-electron chi connectivity index (χ1n) is 6.08. The third-order valence-electron chi connectivity index (χ3n) is 3.44. The van der Waals surface area contributed by atoms with Crippen molar-refractivity contribution in [3.63, 3.8) is 0 Å². The van der Waals surface area contributed by atoms with Gasteiger partial charge < -0.3 is 4.90 Å². The number of carbonyl (C=O) groups excluding carboxylic acids is 1. The first-order valence-corrected chi connectivity index (χ1v) is 6.45. The van der Waals surface area contributed by atoms with Gasteiger partial charge in [0.15, 0.2) is 5.78 Å². The quantitative estimate of drug-likeness (QED) is 0.822. The molecular weight excluding hydrogens is 250 g/mol. The van der Waals surface area contributed by atoms with Gasteiger partial charge in [0.1, 0.15) is 0 Å². The minimum atomic E-state index is -0.0343. The zero-order valence-electron chi connectivity index (χ0n) is 10.8. The second kappa shape index (κ2) is 5.78. The summed E-state index contributed by atoms with van der Waals surface area (Å²) in [5, 5.41) is 0.567. The average molecular weight is 268 g/mol. The molecule has 2 rings (SSSR count). The van der Waals surface area contributed by atoms with Gasteiger partial charge in [-0.25, -0.2) is 0 Å². The molecule has 0 amide bonds. The molecule has 1 fully saturated rings. The molecule has 5 heteroatoms. The van der Waals surface area contributed by atoms with E-state index in [2.05, 4.69) is 14.8 Å². The molecule has 18 heavy (non-hydrogen) atoms. The minimum absolute atomic E-state index is 0.0343. The van der Waals surface area contributed by atoms with Crippen molar-refractivity contribution in [2.24, 2.45) is 0 Å². The zero-order valence-corrected chi connectivity index (χ0v) is 11.5. The highest BCUT2D eigenvalue weighted by Crippen LogP contribution is 2.16. The van der Waals surface area contributed by atoms with Crippen LogP contribution in [0.1, 0.15) is 5.56 Å². The zero-order chi connectivity index (χ0) is 13.1. The van der Waals surface area contributed by atoms with Crippen molar-refractivity contribution in [2.75, 3.05) is 33.7 Å². The summed E-state index contributed by atoms with van der Waals surface area (Å²) < 4.78 is 0. The van der Waals surface area contributed by atoms with Crippen molar-refractivity contribution in [1.82, 2.24) is 14.8 Å². The third kappa shape index (κ3) is 3.07. The molecule has 98 valence electrons. The molecule has 0 saturated carbocycles. The van der Waals surface area contributed by atoms with E-state index in [9.17, 15) is 4.79 Å². The highest BCUT2D eigenvalue weighted by molar-refractivity contribution is 6.31. The van der Waals surface area contributed by atoms with Crippen molar-refractivity contribution in [2.45, 2.75) is 12.5 Å². The topological polar surface area (TPSA) is 36.4 Å². The fourth-order valence-corrected chi connectivity index (χ4v) is 2.40. The van der Waals surface area contributed by atoms with Crippen LogP contribution in [0.5, 0.6) is 0 Å². The van der Waals surface area contributed by atoms with E-state index in [0.717, 1.165) is 25.2 Å². The van der Waals surface area contributed by atoms with Gasteiger partial charge in [0.05, 0.1) is 11.1 Å². The van der Waals surface area contributed by atoms with Crippen LogP contribution in [0.4, 0.5) is 0 Å². The Kier molecular flexibility index (Phi) is 4.32. The normalized spacial score (nSPS) is 22.1. The molecule has 1 atom stereocenters. The summed E-state index contributed by atoms with van der Waals surface area (Å²) in [6, 6.07) is 1.78. The molecule has 0 bridgehead atoms. The molecule has 4 nitrogen and oxygen atoms in total. The lowest BCUT2D eigenvalue weighted by molar-refractivity contribution is -0.125. The number of ketones is 1. The maximum Gasteiger partial charge on any atom is 0.155 e. The SMILES string of the molecule is CN1CCN(C)C(C(=O)Cc2ccncc2Cl)C1. The Morgan fingerprint density at radius 1 is 1.50 bits per heavy atom. The van der Waals surface area contributed by atoms with Crippen LogP contribution in [0.2, 0.25) is 5.02 Å². The number of Topliss-reactive ketones (excluding diaryl/α,β-unsaturated/α-hetero) is 1. The Hall–Kier alpha value is -0.970. The van der Waals surface area contributed by atoms with E-state index >= 15 is 0 Å². The highest BCUT2D eigenvalue weighted by Gasteiger charge is 2.28. The van der Waals surface area contributed by atoms with Gasteiger partial charge in [-0.05, 0) is 25.7 Å². The van der Waals surface area contributed by atoms with Crippen molar-refractivity contribution in [3.05, 3.63) is 29.0 Å². The molecule has 0 aliphatic carbocycles. The van der Waals surface area contributed by atoms with Crippen LogP contribution in [0, 0.1) is 0 Å². The van der Waals surface area contributed by atoms with Crippen LogP contribution in [0.15, 0.2) is 18.5 Å². The maximum absolute atomic E-state index is 12.3. The first-order chi connectivity index (χ1) is 8.58. The molecule has 0 radical (unpaired) electrons. The predicted octanol–water partition coefficient (Wildman–Crippen LogP) is 1.09. The third-order valence-corrected chi connectivity index (χ3v) is 3.78. The standard InChI is InChI=1S/C13H18ClN3O/c1-16-5-6-17(2)12(9-16)13(18)7-10-3-4-15-8-11(10)14/h3-4,8,12H,5-7,9H2,1-2H3. The Balaban J connectivity index is 2.05. The summed E-state index contributed by atoms with van der Waals surface area (Å²) in [7, 11) is 4.05. The number of piperazine rings is 1. The molecule has 1 aromatic rings. The van der Waals surface area contributed by atoms with Crippen LogP contribution < -0.4 is 0 Å². The molecule has 1 saturated heterocycles. The Bertz CT molecular complexity index is 438. The van der Waals surface area contributed by atoms with Crippen molar-refractivity contribution in [1.29, 1.82) is 0 Å². The van der Waals surface area contributed by atoms with E-state index in [0.29, 0.717) is 11.4 Å². The van der Waals surface area contributed by atoms with Crippen LogP contribution >= 0.6 is 11.6 Å². The second-order valence-corrected chi connectivity index (χ2v) is 5.28. The van der Waals surface area contributed by atoms with Crippen LogP contribution in [0.3, 0.4) is 0 Å². The van der Waals surface area contributed by atoms with Crippen LogP contribution in [-0.2, 0) is 11.2 Å². The van der Waals surface area contributed by atoms with E-state index in [1.165, 1.54) is 0 Å². The van der Waals surface area contributed by atoms with Crippen LogP contribution in [0.25, 0.3) is 0 Å². The molecule has 2 heterocycles. The van der Waals surface area contributed by atoms with E-state index in [1.54, 1.807) is 12.4 Å². The number of hydrogen-bond donors (Lipinski definition) is 0. The molecule has 1 aliphatic rings. The summed E-state index contributed by atoms with van der Waals surface area (Å²) in [6.45, 7) is 2.73. The van der Waals surface area contributed by atoms with Gasteiger partial charge in [-0.3, -0.25) is 14.7 Å². The summed E-state index contributed by atoms with van der Waals surface area (Å²) >= 11 is 6.03. The number of pyridine rings is 1. The number of aromatic nitrogens is 1. The lowest BCUT2D eigenvalue weighted by Gasteiger charge is -2.36. The molecular formula is C13H18ClN3O. The van der Waals surface area contributed by atoms with Gasteiger partial charge in [0.25, 0.3) is 0 Å². The lowest BCUT2D eigenvalue weighted by atomic mass is 10.0. The van der Waals surface area contributed by atoms with E-state index in [4.69, 9.17) is 11.6 Å². The second-order valence-electron chi connectivity index (χ2n) is 4.87. The predicted molar refractivity (Wildman–Crippen MR) is 71.9 cm³/mol. The van der Waals surface area contributed by atoms with Gasteiger partial charge in [0.2, 0.25) is 0 Å². The number of halogens is 1. The molecule has 0 spiro atoms. The Morgan fingerprint density at radius 2 is 2.28 bits per heavy atom. The smallest absolute Gasteiger partial charge is 0.155 e. The van der Waals surface area contributed by atoms with Crippen molar-refractivity contribution < 1.29 is 4.79 Å². The van der Waals surface area contributed by atoms with Crippen LogP contribution in [-0.4, -0.2) is 60.3 Å². The summed E-state index contributed by atoms with van der Waals surface area (Å²) in [5.74, 6) is 0.220. The van der Waals surface area contributed by atoms with Gasteiger partial charge in [-0.2, -0.15) is 0 Å². The number of likely N-dealkylation sites (N-methyl/N-ethyl adjacent to an activating group) is 2. The van der Waals surface area contributed by atoms with Gasteiger partial charge in [-0.1, -0.05) is 11.6 Å². The summed E-state index contributed by atoms with van der Waals surface area (Å²) in [6.07, 6.45) is 3.64. The van der Waals surface area contributed by atoms with E-state index in [1.807, 2.05) is 20.2 Å². The maximum atomic E-state index is 12.3. The number of rotatable bonds is 3. The van der Waals surface area contributed by atoms with Gasteiger partial charge in [-0.15, -0.1) is 0 Å². The highest BCUT2D eigenvalue weighted by atomic mass is 35.5. The van der Waals surface area contributed by atoms with Crippen molar-refractivity contribution in [3.8, 4) is 0 Å². The summed E-state index contributed by atoms with van der Waals surface area (Å²) in [5.41, 5.74) is 0.860. The Labute approximate surface area is 113 Å². The van der Waals surface area contributed by atoms with E-state index in [-0.39, 0.29) is 11.8 Å². The molecule has 1 aliphatic heterocycles. The molecule has 0 N–H and O–H groups in total. The van der Waals surface area contributed by atoms with Crippen molar-refractivity contribution >= 4 is 17.4 Å². The number of hydrogen-bond acceptors (Lipinski definition) is 4.